The second kappa shape index (κ2) is 11.3. The highest BCUT2D eigenvalue weighted by molar-refractivity contribution is 7.25. The Balaban J connectivity index is 1.21. The van der Waals surface area contributed by atoms with Crippen molar-refractivity contribution >= 4 is 48.6 Å². The number of nitrogens with zero attached hydrogens (tertiary/aromatic N) is 2. The van der Waals surface area contributed by atoms with E-state index in [0.29, 0.717) is 0 Å². The van der Waals surface area contributed by atoms with Crippen LogP contribution in [0.1, 0.15) is 18.4 Å². The first-order valence-electron chi connectivity index (χ1n) is 14.9. The molecule has 0 spiro atoms. The molecule has 8 rings (SSSR count). The second-order valence-corrected chi connectivity index (χ2v) is 12.1. The first kappa shape index (κ1) is 26.2. The number of allylic oxidation sites excluding steroid dienone is 4. The number of fused-ring (bicyclic) bond motifs is 3. The summed E-state index contributed by atoms with van der Waals surface area (Å²) in [4.78, 5) is 7.31. The molecule has 2 aromatic heterocycles. The van der Waals surface area contributed by atoms with Crippen LogP contribution in [0.5, 0.6) is 0 Å². The van der Waals surface area contributed by atoms with Crippen LogP contribution in [0.3, 0.4) is 0 Å². The number of hydrogen-bond acceptors (Lipinski definition) is 3. The molecule has 0 saturated heterocycles. The fraction of sp³-hybridized carbons (Fsp3) is 0.0488. The van der Waals surface area contributed by atoms with Gasteiger partial charge in [0.25, 0.3) is 0 Å². The van der Waals surface area contributed by atoms with Gasteiger partial charge in [0.1, 0.15) is 0 Å². The van der Waals surface area contributed by atoms with Gasteiger partial charge in [-0.1, -0.05) is 103 Å². The van der Waals surface area contributed by atoms with E-state index in [1.165, 1.54) is 42.7 Å². The van der Waals surface area contributed by atoms with Crippen LogP contribution in [0.4, 0.5) is 11.4 Å². The van der Waals surface area contributed by atoms with Crippen molar-refractivity contribution in [2.45, 2.75) is 12.8 Å². The molecular weight excluding hydrogens is 553 g/mol. The highest BCUT2D eigenvalue weighted by atomic mass is 32.1. The SMILES string of the molecule is c1cccc(-c2ccccc2N(C2=CC=C(c3cnc4c(c3)sc3ccccc34)CC2)c2ccc(-c3ccccc3)cc2)c#1. The van der Waals surface area contributed by atoms with Crippen molar-refractivity contribution in [2.75, 3.05) is 4.90 Å². The number of benzene rings is 4. The van der Waals surface area contributed by atoms with E-state index < -0.39 is 0 Å². The van der Waals surface area contributed by atoms with Gasteiger partial charge in [-0.3, -0.25) is 4.98 Å². The third-order valence-corrected chi connectivity index (χ3v) is 9.42. The van der Waals surface area contributed by atoms with Gasteiger partial charge in [-0.25, -0.2) is 0 Å². The van der Waals surface area contributed by atoms with E-state index in [4.69, 9.17) is 4.98 Å². The Morgan fingerprint density at radius 2 is 1.45 bits per heavy atom. The van der Waals surface area contributed by atoms with Gasteiger partial charge in [-0.15, -0.1) is 11.3 Å². The van der Waals surface area contributed by atoms with Gasteiger partial charge < -0.3 is 4.90 Å². The number of para-hydroxylation sites is 1. The molecule has 2 heterocycles. The lowest BCUT2D eigenvalue weighted by atomic mass is 9.95. The molecule has 0 fully saturated rings. The molecule has 0 atom stereocenters. The summed E-state index contributed by atoms with van der Waals surface area (Å²) in [5.41, 5.74) is 11.7. The maximum absolute atomic E-state index is 4.90. The second-order valence-electron chi connectivity index (χ2n) is 11.0. The molecule has 0 amide bonds. The Kier molecular flexibility index (Phi) is 6.76. The van der Waals surface area contributed by atoms with Crippen molar-refractivity contribution in [1.82, 2.24) is 4.98 Å². The molecule has 44 heavy (non-hydrogen) atoms. The predicted molar refractivity (Wildman–Crippen MR) is 186 cm³/mol. The highest BCUT2D eigenvalue weighted by Crippen LogP contribution is 2.42. The quantitative estimate of drug-likeness (QED) is 0.194. The molecule has 0 saturated carbocycles. The van der Waals surface area contributed by atoms with Gasteiger partial charge in [0.05, 0.1) is 15.9 Å². The van der Waals surface area contributed by atoms with Gasteiger partial charge in [0.2, 0.25) is 0 Å². The molecule has 0 bridgehead atoms. The third kappa shape index (κ3) is 4.86. The summed E-state index contributed by atoms with van der Waals surface area (Å²) < 4.78 is 2.53. The maximum atomic E-state index is 4.90. The number of rotatable bonds is 6. The molecular formula is C41H28N2S. The summed E-state index contributed by atoms with van der Waals surface area (Å²) in [5.74, 6) is 0. The third-order valence-electron chi connectivity index (χ3n) is 8.32. The summed E-state index contributed by atoms with van der Waals surface area (Å²) in [5, 5.41) is 1.24. The zero-order chi connectivity index (χ0) is 29.3. The Labute approximate surface area is 261 Å². The zero-order valence-corrected chi connectivity index (χ0v) is 24.9. The topological polar surface area (TPSA) is 16.1 Å². The average molecular weight is 581 g/mol. The van der Waals surface area contributed by atoms with Crippen molar-refractivity contribution in [3.05, 3.63) is 169 Å². The first-order valence-corrected chi connectivity index (χ1v) is 15.7. The molecule has 208 valence electrons. The van der Waals surface area contributed by atoms with Gasteiger partial charge in [-0.05, 0) is 83.6 Å². The summed E-state index contributed by atoms with van der Waals surface area (Å²) in [7, 11) is 0. The molecule has 2 nitrogen and oxygen atoms in total. The van der Waals surface area contributed by atoms with Gasteiger partial charge in [0, 0.05) is 38.8 Å². The molecule has 1 aliphatic rings. The van der Waals surface area contributed by atoms with E-state index in [9.17, 15) is 0 Å². The number of anilines is 2. The molecule has 5 aromatic carbocycles. The summed E-state index contributed by atoms with van der Waals surface area (Å²) in [6, 6.07) is 51.4. The molecule has 0 unspecified atom stereocenters. The number of hydrogen-bond donors (Lipinski definition) is 0. The minimum atomic E-state index is 0.912. The van der Waals surface area contributed by atoms with Crippen LogP contribution in [-0.4, -0.2) is 4.98 Å². The van der Waals surface area contributed by atoms with Crippen LogP contribution >= 0.6 is 11.3 Å². The lowest BCUT2D eigenvalue weighted by molar-refractivity contribution is 0.930. The van der Waals surface area contributed by atoms with Crippen LogP contribution in [0, 0.1) is 12.1 Å². The monoisotopic (exact) mass is 580 g/mol. The molecule has 0 N–H and O–H groups in total. The Hall–Kier alpha value is -5.43. The van der Waals surface area contributed by atoms with Crippen LogP contribution < -0.4 is 4.90 Å². The lowest BCUT2D eigenvalue weighted by Gasteiger charge is -2.31. The summed E-state index contributed by atoms with van der Waals surface area (Å²) in [6.07, 6.45) is 8.47. The van der Waals surface area contributed by atoms with E-state index in [0.717, 1.165) is 40.9 Å². The normalized spacial score (nSPS) is 12.9. The Bertz CT molecular complexity index is 2160. The number of pyridine rings is 1. The van der Waals surface area contributed by atoms with Crippen molar-refractivity contribution in [3.63, 3.8) is 0 Å². The van der Waals surface area contributed by atoms with E-state index in [1.54, 1.807) is 0 Å². The Morgan fingerprint density at radius 1 is 0.659 bits per heavy atom. The van der Waals surface area contributed by atoms with Gasteiger partial charge in [-0.2, -0.15) is 0 Å². The smallest absolute Gasteiger partial charge is 0.0888 e. The van der Waals surface area contributed by atoms with Crippen LogP contribution in [-0.2, 0) is 0 Å². The molecule has 0 aliphatic heterocycles. The van der Waals surface area contributed by atoms with E-state index >= 15 is 0 Å². The fourth-order valence-corrected chi connectivity index (χ4v) is 7.23. The molecule has 7 aromatic rings. The van der Waals surface area contributed by atoms with Crippen LogP contribution in [0.2, 0.25) is 0 Å². The van der Waals surface area contributed by atoms with E-state index in [1.807, 2.05) is 29.7 Å². The summed E-state index contributed by atoms with van der Waals surface area (Å²) in [6.45, 7) is 0. The fourth-order valence-electron chi connectivity index (χ4n) is 6.12. The van der Waals surface area contributed by atoms with Crippen molar-refractivity contribution in [1.29, 1.82) is 0 Å². The van der Waals surface area contributed by atoms with Crippen LogP contribution in [0.25, 0.3) is 48.1 Å². The molecule has 0 radical (unpaired) electrons. The van der Waals surface area contributed by atoms with Gasteiger partial charge in [0.15, 0.2) is 0 Å². The van der Waals surface area contributed by atoms with Crippen LogP contribution in [0.15, 0.2) is 151 Å². The van der Waals surface area contributed by atoms with E-state index in [-0.39, 0.29) is 0 Å². The number of aromatic nitrogens is 1. The average Bonchev–Trinajstić information content (AvgIpc) is 3.48. The summed E-state index contributed by atoms with van der Waals surface area (Å²) >= 11 is 1.82. The minimum absolute atomic E-state index is 0.912. The molecule has 3 heteroatoms. The van der Waals surface area contributed by atoms with Crippen molar-refractivity contribution in [2.24, 2.45) is 0 Å². The largest absolute Gasteiger partial charge is 0.314 e. The van der Waals surface area contributed by atoms with Crippen molar-refractivity contribution in [3.8, 4) is 22.3 Å². The Morgan fingerprint density at radius 3 is 2.27 bits per heavy atom. The lowest BCUT2D eigenvalue weighted by Crippen LogP contribution is -2.18. The maximum Gasteiger partial charge on any atom is 0.0888 e. The standard InChI is InChI=1S/C41H28N2S/c1-3-11-29(12-4-1)30-19-23-34(24-20-30)43(38-17-9-7-15-36(38)32-13-5-2-6-14-32)35-25-21-31(22-26-35)33-27-40-41(42-28-33)37-16-8-10-18-39(37)44-40/h1-5,7-13,15-21,23-25,27-28H,22,26H2. The minimum Gasteiger partial charge on any atom is -0.314 e. The van der Waals surface area contributed by atoms with E-state index in [2.05, 4.69) is 144 Å². The van der Waals surface area contributed by atoms with Crippen molar-refractivity contribution < 1.29 is 0 Å². The molecule has 1 aliphatic carbocycles. The predicted octanol–water partition coefficient (Wildman–Crippen LogP) is 11.3. The zero-order valence-electron chi connectivity index (χ0n) is 24.1. The first-order chi connectivity index (χ1) is 21.8. The number of thiophene rings is 1. The highest BCUT2D eigenvalue weighted by Gasteiger charge is 2.21. The van der Waals surface area contributed by atoms with Gasteiger partial charge >= 0.3 is 0 Å².